The minimum atomic E-state index is 0.146. The monoisotopic (exact) mass is 240 g/mol. The van der Waals surface area contributed by atoms with Crippen molar-refractivity contribution in [2.75, 3.05) is 13.6 Å². The smallest absolute Gasteiger partial charge is 0.225 e. The lowest BCUT2D eigenvalue weighted by Gasteiger charge is -2.21. The summed E-state index contributed by atoms with van der Waals surface area (Å²) in [4.78, 5) is 14.0. The number of carbonyl (C=O) groups excluding carboxylic acids is 1. The van der Waals surface area contributed by atoms with Gasteiger partial charge in [-0.2, -0.15) is 0 Å². The van der Waals surface area contributed by atoms with Crippen molar-refractivity contribution >= 4 is 5.91 Å². The molecule has 1 rings (SSSR count). The van der Waals surface area contributed by atoms with E-state index in [2.05, 4.69) is 6.92 Å². The molecule has 3 nitrogen and oxygen atoms in total. The van der Waals surface area contributed by atoms with Crippen LogP contribution in [-0.2, 0) is 4.79 Å². The number of hydrogen-bond acceptors (Lipinski definition) is 2. The van der Waals surface area contributed by atoms with Crippen LogP contribution < -0.4 is 5.73 Å². The third-order valence-electron chi connectivity index (χ3n) is 3.88. The van der Waals surface area contributed by atoms with Gasteiger partial charge in [-0.25, -0.2) is 0 Å². The van der Waals surface area contributed by atoms with Crippen LogP contribution in [0.4, 0.5) is 0 Å². The van der Waals surface area contributed by atoms with E-state index < -0.39 is 0 Å². The number of hydrogen-bond donors (Lipinski definition) is 1. The van der Waals surface area contributed by atoms with Crippen LogP contribution in [0.25, 0.3) is 0 Å². The first-order chi connectivity index (χ1) is 7.91. The summed E-state index contributed by atoms with van der Waals surface area (Å²) in [6.45, 7) is 7.26. The SMILES string of the molecule is CC(N)CCCC(C)C(=O)N(C)CC1CC1C. The molecule has 17 heavy (non-hydrogen) atoms. The van der Waals surface area contributed by atoms with Gasteiger partial charge in [0.1, 0.15) is 0 Å². The van der Waals surface area contributed by atoms with E-state index in [1.54, 1.807) is 0 Å². The van der Waals surface area contributed by atoms with E-state index in [0.717, 1.165) is 37.6 Å². The molecular formula is C14H28N2O. The Morgan fingerprint density at radius 1 is 1.41 bits per heavy atom. The molecule has 4 atom stereocenters. The Bertz CT molecular complexity index is 253. The zero-order chi connectivity index (χ0) is 13.0. The molecule has 100 valence electrons. The maximum absolute atomic E-state index is 12.1. The average molecular weight is 240 g/mol. The molecule has 2 N–H and O–H groups in total. The van der Waals surface area contributed by atoms with E-state index in [0.29, 0.717) is 5.91 Å². The van der Waals surface area contributed by atoms with E-state index in [9.17, 15) is 4.79 Å². The van der Waals surface area contributed by atoms with Crippen LogP contribution >= 0.6 is 0 Å². The highest BCUT2D eigenvalue weighted by molar-refractivity contribution is 5.78. The standard InChI is InChI=1S/C14H28N2O/c1-10(6-5-7-12(3)15)14(17)16(4)9-13-8-11(13)2/h10-13H,5-9,15H2,1-4H3. The summed E-state index contributed by atoms with van der Waals surface area (Å²) in [6, 6.07) is 0.252. The van der Waals surface area contributed by atoms with Crippen LogP contribution in [0.3, 0.4) is 0 Å². The fourth-order valence-corrected chi connectivity index (χ4v) is 2.34. The summed E-state index contributed by atoms with van der Waals surface area (Å²) in [6.07, 6.45) is 4.32. The Morgan fingerprint density at radius 2 is 2.00 bits per heavy atom. The maximum Gasteiger partial charge on any atom is 0.225 e. The molecule has 0 heterocycles. The van der Waals surface area contributed by atoms with Gasteiger partial charge in [0.05, 0.1) is 0 Å². The van der Waals surface area contributed by atoms with Gasteiger partial charge >= 0.3 is 0 Å². The van der Waals surface area contributed by atoms with Gasteiger partial charge < -0.3 is 10.6 Å². The van der Waals surface area contributed by atoms with Gasteiger partial charge in [0, 0.05) is 25.6 Å². The highest BCUT2D eigenvalue weighted by Gasteiger charge is 2.34. The summed E-state index contributed by atoms with van der Waals surface area (Å²) in [7, 11) is 1.94. The van der Waals surface area contributed by atoms with Crippen LogP contribution in [-0.4, -0.2) is 30.4 Å². The molecule has 0 bridgehead atoms. The Morgan fingerprint density at radius 3 is 2.47 bits per heavy atom. The lowest BCUT2D eigenvalue weighted by Crippen LogP contribution is -2.33. The number of carbonyl (C=O) groups is 1. The minimum absolute atomic E-state index is 0.146. The summed E-state index contributed by atoms with van der Waals surface area (Å²) in [5.74, 6) is 2.01. The van der Waals surface area contributed by atoms with E-state index >= 15 is 0 Å². The van der Waals surface area contributed by atoms with Crippen molar-refractivity contribution in [2.45, 2.75) is 52.5 Å². The molecule has 0 aromatic carbocycles. The summed E-state index contributed by atoms with van der Waals surface area (Å²) in [5.41, 5.74) is 5.71. The zero-order valence-electron chi connectivity index (χ0n) is 11.8. The van der Waals surface area contributed by atoms with E-state index in [-0.39, 0.29) is 12.0 Å². The Balaban J connectivity index is 2.20. The summed E-state index contributed by atoms with van der Waals surface area (Å²) < 4.78 is 0. The Kier molecular flexibility index (Phi) is 5.44. The molecule has 3 heteroatoms. The molecule has 0 spiro atoms. The van der Waals surface area contributed by atoms with Crippen LogP contribution in [0.15, 0.2) is 0 Å². The van der Waals surface area contributed by atoms with Crippen LogP contribution in [0.1, 0.15) is 46.5 Å². The largest absolute Gasteiger partial charge is 0.345 e. The van der Waals surface area contributed by atoms with Gasteiger partial charge in [-0.3, -0.25) is 4.79 Å². The quantitative estimate of drug-likeness (QED) is 0.742. The molecule has 1 aliphatic rings. The Hall–Kier alpha value is -0.570. The molecule has 4 unspecified atom stereocenters. The second-order valence-electron chi connectivity index (χ2n) is 6.00. The minimum Gasteiger partial charge on any atom is -0.345 e. The van der Waals surface area contributed by atoms with Crippen molar-refractivity contribution in [3.8, 4) is 0 Å². The van der Waals surface area contributed by atoms with Gasteiger partial charge in [0.15, 0.2) is 0 Å². The lowest BCUT2D eigenvalue weighted by atomic mass is 10.0. The number of nitrogens with zero attached hydrogens (tertiary/aromatic N) is 1. The first-order valence-electron chi connectivity index (χ1n) is 6.92. The number of amides is 1. The molecule has 0 aliphatic heterocycles. The summed E-state index contributed by atoms with van der Waals surface area (Å²) in [5, 5.41) is 0. The van der Waals surface area contributed by atoms with Crippen LogP contribution in [0.5, 0.6) is 0 Å². The van der Waals surface area contributed by atoms with Gasteiger partial charge in [0.25, 0.3) is 0 Å². The lowest BCUT2D eigenvalue weighted by molar-refractivity contribution is -0.134. The van der Waals surface area contributed by atoms with Crippen molar-refractivity contribution in [3.05, 3.63) is 0 Å². The van der Waals surface area contributed by atoms with Crippen molar-refractivity contribution in [1.29, 1.82) is 0 Å². The van der Waals surface area contributed by atoms with Crippen molar-refractivity contribution < 1.29 is 4.79 Å². The first-order valence-corrected chi connectivity index (χ1v) is 6.92. The van der Waals surface area contributed by atoms with Gasteiger partial charge in [-0.05, 0) is 38.0 Å². The number of rotatable bonds is 7. The van der Waals surface area contributed by atoms with Gasteiger partial charge in [0.2, 0.25) is 5.91 Å². The van der Waals surface area contributed by atoms with Crippen molar-refractivity contribution in [1.82, 2.24) is 4.90 Å². The van der Waals surface area contributed by atoms with Crippen LogP contribution in [0.2, 0.25) is 0 Å². The highest BCUT2D eigenvalue weighted by atomic mass is 16.2. The van der Waals surface area contributed by atoms with Crippen molar-refractivity contribution in [2.24, 2.45) is 23.5 Å². The second kappa shape index (κ2) is 6.39. The predicted molar refractivity (Wildman–Crippen MR) is 71.6 cm³/mol. The molecule has 0 radical (unpaired) electrons. The van der Waals surface area contributed by atoms with Crippen LogP contribution in [0, 0.1) is 17.8 Å². The fourth-order valence-electron chi connectivity index (χ4n) is 2.34. The molecular weight excluding hydrogens is 212 g/mol. The molecule has 1 amide bonds. The number of nitrogens with two attached hydrogens (primary N) is 1. The maximum atomic E-state index is 12.1. The molecule has 1 fully saturated rings. The van der Waals surface area contributed by atoms with E-state index in [1.807, 2.05) is 25.8 Å². The molecule has 0 aromatic rings. The molecule has 0 saturated heterocycles. The fraction of sp³-hybridized carbons (Fsp3) is 0.929. The highest BCUT2D eigenvalue weighted by Crippen LogP contribution is 2.38. The normalized spacial score (nSPS) is 26.4. The average Bonchev–Trinajstić information content (AvgIpc) is 2.92. The predicted octanol–water partition coefficient (Wildman–Crippen LogP) is 2.25. The zero-order valence-corrected chi connectivity index (χ0v) is 11.8. The molecule has 0 aromatic heterocycles. The molecule has 1 aliphatic carbocycles. The molecule has 1 saturated carbocycles. The second-order valence-corrected chi connectivity index (χ2v) is 6.00. The van der Waals surface area contributed by atoms with Crippen molar-refractivity contribution in [3.63, 3.8) is 0 Å². The Labute approximate surface area is 106 Å². The van der Waals surface area contributed by atoms with Gasteiger partial charge in [-0.15, -0.1) is 0 Å². The van der Waals surface area contributed by atoms with E-state index in [1.165, 1.54) is 6.42 Å². The topological polar surface area (TPSA) is 46.3 Å². The third-order valence-corrected chi connectivity index (χ3v) is 3.88. The first kappa shape index (κ1) is 14.5. The third kappa shape index (κ3) is 5.07. The van der Waals surface area contributed by atoms with Gasteiger partial charge in [-0.1, -0.05) is 20.3 Å². The van der Waals surface area contributed by atoms with E-state index in [4.69, 9.17) is 5.73 Å². The summed E-state index contributed by atoms with van der Waals surface area (Å²) >= 11 is 0.